The second-order valence-corrected chi connectivity index (χ2v) is 6.10. The third kappa shape index (κ3) is 4.18. The van der Waals surface area contributed by atoms with Gasteiger partial charge in [0.1, 0.15) is 0 Å². The number of likely N-dealkylation sites (tertiary alicyclic amines) is 1. The highest BCUT2D eigenvalue weighted by atomic mass is 16.5. The first-order valence-electron chi connectivity index (χ1n) is 7.82. The number of carbonyl (C=O) groups is 1. The molecular formula is C15H28N2O2. The van der Waals surface area contributed by atoms with Gasteiger partial charge in [0.25, 0.3) is 0 Å². The van der Waals surface area contributed by atoms with E-state index in [2.05, 4.69) is 6.92 Å². The molecule has 0 radical (unpaired) electrons. The van der Waals surface area contributed by atoms with E-state index in [1.165, 1.54) is 12.8 Å². The molecule has 2 aliphatic heterocycles. The number of amides is 1. The lowest BCUT2D eigenvalue weighted by molar-refractivity contribution is -0.136. The molecule has 0 aromatic rings. The highest BCUT2D eigenvalue weighted by molar-refractivity contribution is 5.76. The van der Waals surface area contributed by atoms with Crippen LogP contribution in [0.2, 0.25) is 0 Å². The van der Waals surface area contributed by atoms with Gasteiger partial charge in [0.2, 0.25) is 5.91 Å². The minimum absolute atomic E-state index is 0.292. The van der Waals surface area contributed by atoms with Crippen LogP contribution in [0.4, 0.5) is 0 Å². The number of carbonyl (C=O) groups excluding carboxylic acids is 1. The fraction of sp³-hybridized carbons (Fsp3) is 0.933. The number of rotatable bonds is 4. The second-order valence-electron chi connectivity index (χ2n) is 6.10. The fourth-order valence-corrected chi connectivity index (χ4v) is 3.19. The molecule has 1 amide bonds. The van der Waals surface area contributed by atoms with Crippen LogP contribution in [-0.4, -0.2) is 42.6 Å². The van der Waals surface area contributed by atoms with E-state index in [1.54, 1.807) is 0 Å². The molecule has 0 bridgehead atoms. The van der Waals surface area contributed by atoms with Gasteiger partial charge in [-0.3, -0.25) is 4.79 Å². The summed E-state index contributed by atoms with van der Waals surface area (Å²) in [6.45, 7) is 4.57. The van der Waals surface area contributed by atoms with Crippen molar-refractivity contribution in [2.75, 3.05) is 19.7 Å². The number of hydrogen-bond donors (Lipinski definition) is 1. The lowest BCUT2D eigenvalue weighted by Gasteiger charge is -2.38. The summed E-state index contributed by atoms with van der Waals surface area (Å²) in [6, 6.07) is 0.377. The highest BCUT2D eigenvalue weighted by Crippen LogP contribution is 2.23. The Morgan fingerprint density at radius 3 is 2.84 bits per heavy atom. The maximum absolute atomic E-state index is 12.3. The average Bonchev–Trinajstić information content (AvgIpc) is 2.46. The maximum atomic E-state index is 12.3. The molecule has 110 valence electrons. The smallest absolute Gasteiger partial charge is 0.222 e. The van der Waals surface area contributed by atoms with Gasteiger partial charge in [0, 0.05) is 25.6 Å². The van der Waals surface area contributed by atoms with E-state index >= 15 is 0 Å². The fourth-order valence-electron chi connectivity index (χ4n) is 3.19. The van der Waals surface area contributed by atoms with Crippen molar-refractivity contribution in [1.29, 1.82) is 0 Å². The van der Waals surface area contributed by atoms with E-state index in [1.807, 2.05) is 4.90 Å². The standard InChI is InChI=1S/C15H28N2O2/c1-12-5-6-13(10-16)11-17(12)15(18)8-7-14-4-2-3-9-19-14/h12-14H,2-11,16H2,1H3. The number of hydrogen-bond acceptors (Lipinski definition) is 3. The predicted octanol–water partition coefficient (Wildman–Crippen LogP) is 1.92. The average molecular weight is 268 g/mol. The third-order valence-electron chi connectivity index (χ3n) is 4.59. The Balaban J connectivity index is 1.77. The first-order valence-corrected chi connectivity index (χ1v) is 7.82. The van der Waals surface area contributed by atoms with Gasteiger partial charge in [-0.15, -0.1) is 0 Å². The highest BCUT2D eigenvalue weighted by Gasteiger charge is 2.28. The van der Waals surface area contributed by atoms with Crippen LogP contribution in [0.1, 0.15) is 51.9 Å². The van der Waals surface area contributed by atoms with Gasteiger partial charge in [-0.2, -0.15) is 0 Å². The Kier molecular flexibility index (Phi) is 5.64. The van der Waals surface area contributed by atoms with E-state index < -0.39 is 0 Å². The topological polar surface area (TPSA) is 55.6 Å². The van der Waals surface area contributed by atoms with Gasteiger partial charge in [0.05, 0.1) is 6.10 Å². The molecule has 0 aromatic heterocycles. The van der Waals surface area contributed by atoms with E-state index in [0.717, 1.165) is 38.8 Å². The Hall–Kier alpha value is -0.610. The zero-order valence-electron chi connectivity index (χ0n) is 12.1. The van der Waals surface area contributed by atoms with Gasteiger partial charge >= 0.3 is 0 Å². The maximum Gasteiger partial charge on any atom is 0.222 e. The molecule has 2 rings (SSSR count). The number of piperidine rings is 1. The Morgan fingerprint density at radius 2 is 2.16 bits per heavy atom. The summed E-state index contributed by atoms with van der Waals surface area (Å²) >= 11 is 0. The van der Waals surface area contributed by atoms with Crippen LogP contribution >= 0.6 is 0 Å². The first-order chi connectivity index (χ1) is 9.20. The summed E-state index contributed by atoms with van der Waals surface area (Å²) in [7, 11) is 0. The summed E-state index contributed by atoms with van der Waals surface area (Å²) < 4.78 is 5.69. The third-order valence-corrected chi connectivity index (χ3v) is 4.59. The van der Waals surface area contributed by atoms with Crippen LogP contribution in [0, 0.1) is 5.92 Å². The van der Waals surface area contributed by atoms with Crippen molar-refractivity contribution in [2.24, 2.45) is 11.7 Å². The van der Waals surface area contributed by atoms with Gasteiger partial charge < -0.3 is 15.4 Å². The van der Waals surface area contributed by atoms with Crippen molar-refractivity contribution in [3.8, 4) is 0 Å². The van der Waals surface area contributed by atoms with E-state index in [4.69, 9.17) is 10.5 Å². The van der Waals surface area contributed by atoms with Crippen molar-refractivity contribution < 1.29 is 9.53 Å². The van der Waals surface area contributed by atoms with Crippen molar-refractivity contribution in [1.82, 2.24) is 4.90 Å². The Morgan fingerprint density at radius 1 is 1.32 bits per heavy atom. The van der Waals surface area contributed by atoms with Crippen LogP contribution in [0.3, 0.4) is 0 Å². The van der Waals surface area contributed by atoms with Crippen LogP contribution in [-0.2, 0) is 9.53 Å². The van der Waals surface area contributed by atoms with Crippen LogP contribution < -0.4 is 5.73 Å². The molecule has 0 spiro atoms. The number of nitrogens with two attached hydrogens (primary N) is 1. The molecule has 4 heteroatoms. The van der Waals surface area contributed by atoms with E-state index in [-0.39, 0.29) is 0 Å². The van der Waals surface area contributed by atoms with Crippen molar-refractivity contribution >= 4 is 5.91 Å². The molecule has 3 atom stereocenters. The van der Waals surface area contributed by atoms with Crippen molar-refractivity contribution in [2.45, 2.75) is 64.0 Å². The molecule has 2 fully saturated rings. The van der Waals surface area contributed by atoms with E-state index in [0.29, 0.717) is 36.9 Å². The number of ether oxygens (including phenoxy) is 1. The molecule has 2 saturated heterocycles. The lowest BCUT2D eigenvalue weighted by atomic mass is 9.93. The Labute approximate surface area is 116 Å². The molecule has 19 heavy (non-hydrogen) atoms. The predicted molar refractivity (Wildman–Crippen MR) is 75.8 cm³/mol. The van der Waals surface area contributed by atoms with Crippen molar-refractivity contribution in [3.05, 3.63) is 0 Å². The summed E-state index contributed by atoms with van der Waals surface area (Å²) in [5, 5.41) is 0. The number of nitrogens with zero attached hydrogens (tertiary/aromatic N) is 1. The quantitative estimate of drug-likeness (QED) is 0.847. The normalized spacial score (nSPS) is 32.3. The van der Waals surface area contributed by atoms with Gasteiger partial charge in [-0.1, -0.05) is 0 Å². The van der Waals surface area contributed by atoms with Crippen LogP contribution in [0.15, 0.2) is 0 Å². The van der Waals surface area contributed by atoms with Gasteiger partial charge in [-0.25, -0.2) is 0 Å². The minimum atomic E-state index is 0.292. The first kappa shape index (κ1) is 14.8. The molecular weight excluding hydrogens is 240 g/mol. The molecule has 2 heterocycles. The van der Waals surface area contributed by atoms with Crippen molar-refractivity contribution in [3.63, 3.8) is 0 Å². The summed E-state index contributed by atoms with van der Waals surface area (Å²) in [5.41, 5.74) is 5.74. The molecule has 4 nitrogen and oxygen atoms in total. The SMILES string of the molecule is CC1CCC(CN)CN1C(=O)CCC1CCCCO1. The molecule has 3 unspecified atom stereocenters. The zero-order chi connectivity index (χ0) is 13.7. The summed E-state index contributed by atoms with van der Waals surface area (Å²) in [4.78, 5) is 14.4. The lowest BCUT2D eigenvalue weighted by Crippen LogP contribution is -2.47. The minimum Gasteiger partial charge on any atom is -0.378 e. The second kappa shape index (κ2) is 7.25. The molecule has 0 saturated carbocycles. The van der Waals surface area contributed by atoms with Gasteiger partial charge in [-0.05, 0) is 57.9 Å². The van der Waals surface area contributed by atoms with Crippen LogP contribution in [0.5, 0.6) is 0 Å². The monoisotopic (exact) mass is 268 g/mol. The molecule has 2 N–H and O–H groups in total. The Bertz CT molecular complexity index is 290. The molecule has 2 aliphatic rings. The van der Waals surface area contributed by atoms with Gasteiger partial charge in [0.15, 0.2) is 0 Å². The summed E-state index contributed by atoms with van der Waals surface area (Å²) in [6.07, 6.45) is 7.61. The molecule has 0 aromatic carbocycles. The molecule has 0 aliphatic carbocycles. The van der Waals surface area contributed by atoms with E-state index in [9.17, 15) is 4.79 Å². The largest absolute Gasteiger partial charge is 0.378 e. The zero-order valence-corrected chi connectivity index (χ0v) is 12.1. The van der Waals surface area contributed by atoms with Crippen LogP contribution in [0.25, 0.3) is 0 Å². The summed E-state index contributed by atoms with van der Waals surface area (Å²) in [5.74, 6) is 0.783.